The largest absolute Gasteiger partial charge is 0.383 e. The highest BCUT2D eigenvalue weighted by Crippen LogP contribution is 2.26. The fraction of sp³-hybridized carbons (Fsp3) is 0.278. The number of sulfonamides is 1. The second-order valence-electron chi connectivity index (χ2n) is 5.82. The summed E-state index contributed by atoms with van der Waals surface area (Å²) in [4.78, 5) is 12.0. The highest BCUT2D eigenvalue weighted by molar-refractivity contribution is 7.92. The number of anilines is 1. The van der Waals surface area contributed by atoms with Crippen LogP contribution in [0, 0.1) is 13.8 Å². The molecule has 1 amide bonds. The summed E-state index contributed by atoms with van der Waals surface area (Å²) in [6, 6.07) is 9.50. The summed E-state index contributed by atoms with van der Waals surface area (Å²) in [5.41, 5.74) is 2.48. The topological polar surface area (TPSA) is 84.5 Å². The number of nitrogens with one attached hydrogen (secondary N) is 2. The molecule has 0 aliphatic carbocycles. The molecule has 0 saturated carbocycles. The predicted octanol–water partition coefficient (Wildman–Crippen LogP) is 3.13. The Morgan fingerprint density at radius 3 is 2.54 bits per heavy atom. The molecule has 0 aliphatic heterocycles. The van der Waals surface area contributed by atoms with Gasteiger partial charge in [-0.15, -0.1) is 0 Å². The number of hydrogen-bond acceptors (Lipinski definition) is 4. The zero-order valence-corrected chi connectivity index (χ0v) is 16.4. The van der Waals surface area contributed by atoms with Gasteiger partial charge in [0.05, 0.1) is 17.3 Å². The number of rotatable bonds is 7. The number of benzene rings is 2. The predicted molar refractivity (Wildman–Crippen MR) is 102 cm³/mol. The number of methoxy groups -OCH3 is 1. The van der Waals surface area contributed by atoms with Gasteiger partial charge in [-0.3, -0.25) is 9.52 Å². The molecule has 140 valence electrons. The lowest BCUT2D eigenvalue weighted by Gasteiger charge is -2.13. The van der Waals surface area contributed by atoms with Crippen molar-refractivity contribution in [1.82, 2.24) is 5.32 Å². The molecule has 8 heteroatoms. The highest BCUT2D eigenvalue weighted by atomic mass is 35.5. The fourth-order valence-corrected chi connectivity index (χ4v) is 4.00. The van der Waals surface area contributed by atoms with E-state index >= 15 is 0 Å². The van der Waals surface area contributed by atoms with Crippen molar-refractivity contribution in [3.8, 4) is 0 Å². The van der Waals surface area contributed by atoms with Crippen molar-refractivity contribution in [2.45, 2.75) is 18.7 Å². The summed E-state index contributed by atoms with van der Waals surface area (Å²) in [5, 5.41) is 2.68. The van der Waals surface area contributed by atoms with Crippen molar-refractivity contribution in [3.05, 3.63) is 58.1 Å². The minimum absolute atomic E-state index is 0.0377. The summed E-state index contributed by atoms with van der Waals surface area (Å²) >= 11 is 6.07. The van der Waals surface area contributed by atoms with Gasteiger partial charge in [0, 0.05) is 19.2 Å². The number of halogens is 1. The van der Waals surface area contributed by atoms with Crippen LogP contribution in [0.1, 0.15) is 21.5 Å². The van der Waals surface area contributed by atoms with Crippen molar-refractivity contribution in [1.29, 1.82) is 0 Å². The van der Waals surface area contributed by atoms with Gasteiger partial charge >= 0.3 is 0 Å². The first kappa shape index (κ1) is 20.2. The van der Waals surface area contributed by atoms with E-state index in [2.05, 4.69) is 10.0 Å². The van der Waals surface area contributed by atoms with Gasteiger partial charge in [0.15, 0.2) is 0 Å². The van der Waals surface area contributed by atoms with E-state index in [9.17, 15) is 13.2 Å². The molecule has 0 fully saturated rings. The zero-order valence-electron chi connectivity index (χ0n) is 14.8. The minimum atomic E-state index is -3.95. The summed E-state index contributed by atoms with van der Waals surface area (Å²) < 4.78 is 32.9. The lowest BCUT2D eigenvalue weighted by molar-refractivity contribution is 0.0937. The van der Waals surface area contributed by atoms with Crippen molar-refractivity contribution >= 4 is 33.2 Å². The van der Waals surface area contributed by atoms with Crippen LogP contribution in [0.2, 0.25) is 5.02 Å². The first-order valence-corrected chi connectivity index (χ1v) is 9.77. The van der Waals surface area contributed by atoms with Crippen LogP contribution in [0.5, 0.6) is 0 Å². The molecular formula is C18H21ClN2O4S. The van der Waals surface area contributed by atoms with Crippen LogP contribution >= 0.6 is 11.6 Å². The molecule has 0 saturated heterocycles. The van der Waals surface area contributed by atoms with E-state index in [4.69, 9.17) is 16.3 Å². The number of amides is 1. The van der Waals surface area contributed by atoms with Gasteiger partial charge in [-0.1, -0.05) is 29.3 Å². The van der Waals surface area contributed by atoms with Crippen molar-refractivity contribution < 1.29 is 17.9 Å². The van der Waals surface area contributed by atoms with Crippen LogP contribution in [0.15, 0.2) is 41.3 Å². The van der Waals surface area contributed by atoms with E-state index in [1.165, 1.54) is 25.3 Å². The minimum Gasteiger partial charge on any atom is -0.383 e. The second kappa shape index (κ2) is 8.53. The molecule has 26 heavy (non-hydrogen) atoms. The summed E-state index contributed by atoms with van der Waals surface area (Å²) in [5.74, 6) is -0.401. The molecular weight excluding hydrogens is 376 g/mol. The number of carbonyl (C=O) groups excluding carboxylic acids is 1. The van der Waals surface area contributed by atoms with E-state index in [-0.39, 0.29) is 15.5 Å². The lowest BCUT2D eigenvalue weighted by Crippen LogP contribution is -2.27. The van der Waals surface area contributed by atoms with Gasteiger partial charge in [-0.25, -0.2) is 8.42 Å². The third-order valence-electron chi connectivity index (χ3n) is 3.70. The lowest BCUT2D eigenvalue weighted by atomic mass is 10.1. The van der Waals surface area contributed by atoms with E-state index in [0.717, 1.165) is 11.1 Å². The molecule has 2 aromatic carbocycles. The first-order valence-electron chi connectivity index (χ1n) is 7.91. The normalized spacial score (nSPS) is 11.2. The van der Waals surface area contributed by atoms with Crippen LogP contribution in [0.4, 0.5) is 5.69 Å². The van der Waals surface area contributed by atoms with Crippen molar-refractivity contribution in [2.75, 3.05) is 25.0 Å². The van der Waals surface area contributed by atoms with Crippen LogP contribution < -0.4 is 10.0 Å². The van der Waals surface area contributed by atoms with Crippen molar-refractivity contribution in [2.24, 2.45) is 0 Å². The molecule has 2 aromatic rings. The standard InChI is InChI=1S/C18H21ClN2O4S/c1-12-4-7-16(13(2)10-12)21-26(23,24)17-11-14(5-6-15(17)19)18(22)20-8-9-25-3/h4-7,10-11,21H,8-9H2,1-3H3,(H,20,22). The van der Waals surface area contributed by atoms with Gasteiger partial charge in [0.2, 0.25) is 0 Å². The summed E-state index contributed by atoms with van der Waals surface area (Å²) in [7, 11) is -2.42. The number of carbonyl (C=O) groups is 1. The summed E-state index contributed by atoms with van der Waals surface area (Å²) in [6.07, 6.45) is 0. The Balaban J connectivity index is 2.30. The third-order valence-corrected chi connectivity index (χ3v) is 5.55. The van der Waals surface area contributed by atoms with Gasteiger partial charge in [-0.05, 0) is 43.7 Å². The van der Waals surface area contributed by atoms with Crippen molar-refractivity contribution in [3.63, 3.8) is 0 Å². The molecule has 0 bridgehead atoms. The molecule has 0 radical (unpaired) electrons. The van der Waals surface area contributed by atoms with Gasteiger partial charge in [0.1, 0.15) is 4.90 Å². The molecule has 0 unspecified atom stereocenters. The Hall–Kier alpha value is -2.09. The third kappa shape index (κ3) is 4.97. The Morgan fingerprint density at radius 2 is 1.88 bits per heavy atom. The molecule has 2 rings (SSSR count). The number of hydrogen-bond donors (Lipinski definition) is 2. The average molecular weight is 397 g/mol. The Labute approximate surface area is 158 Å². The summed E-state index contributed by atoms with van der Waals surface area (Å²) in [6.45, 7) is 4.42. The second-order valence-corrected chi connectivity index (χ2v) is 7.88. The molecule has 2 N–H and O–H groups in total. The van der Waals surface area contributed by atoms with Gasteiger partial charge in [-0.2, -0.15) is 0 Å². The molecule has 0 atom stereocenters. The van der Waals surface area contributed by atoms with Gasteiger partial charge < -0.3 is 10.1 Å². The molecule has 0 heterocycles. The fourth-order valence-electron chi connectivity index (χ4n) is 2.35. The highest BCUT2D eigenvalue weighted by Gasteiger charge is 2.21. The SMILES string of the molecule is COCCNC(=O)c1ccc(Cl)c(S(=O)(=O)Nc2ccc(C)cc2C)c1. The van der Waals surface area contributed by atoms with Crippen LogP contribution in [-0.2, 0) is 14.8 Å². The maximum absolute atomic E-state index is 12.7. The number of ether oxygens (including phenoxy) is 1. The Bertz CT molecular complexity index is 913. The Morgan fingerprint density at radius 1 is 1.15 bits per heavy atom. The molecule has 0 aromatic heterocycles. The number of aryl methyl sites for hydroxylation is 2. The van der Waals surface area contributed by atoms with Crippen LogP contribution in [0.3, 0.4) is 0 Å². The van der Waals surface area contributed by atoms with E-state index < -0.39 is 15.9 Å². The molecule has 0 spiro atoms. The van der Waals surface area contributed by atoms with E-state index in [1.807, 2.05) is 26.0 Å². The van der Waals surface area contributed by atoms with E-state index in [1.54, 1.807) is 6.07 Å². The smallest absolute Gasteiger partial charge is 0.263 e. The maximum Gasteiger partial charge on any atom is 0.263 e. The first-order chi connectivity index (χ1) is 12.2. The maximum atomic E-state index is 12.7. The monoisotopic (exact) mass is 396 g/mol. The van der Waals surface area contributed by atoms with Crippen LogP contribution in [-0.4, -0.2) is 34.6 Å². The zero-order chi connectivity index (χ0) is 19.3. The van der Waals surface area contributed by atoms with Gasteiger partial charge in [0.25, 0.3) is 15.9 Å². The Kier molecular flexibility index (Phi) is 6.63. The average Bonchev–Trinajstić information content (AvgIpc) is 2.57. The van der Waals surface area contributed by atoms with E-state index in [0.29, 0.717) is 18.8 Å². The van der Waals surface area contributed by atoms with Crippen LogP contribution in [0.25, 0.3) is 0 Å². The molecule has 0 aliphatic rings. The molecule has 6 nitrogen and oxygen atoms in total. The quantitative estimate of drug-likeness (QED) is 0.704.